The van der Waals surface area contributed by atoms with E-state index in [9.17, 15) is 9.81 Å². The zero-order valence-corrected chi connectivity index (χ0v) is 23.7. The summed E-state index contributed by atoms with van der Waals surface area (Å²) >= 11 is -1.46. The van der Waals surface area contributed by atoms with Gasteiger partial charge in [0, 0.05) is 28.7 Å². The van der Waals surface area contributed by atoms with Crippen molar-refractivity contribution in [3.63, 3.8) is 0 Å². The summed E-state index contributed by atoms with van der Waals surface area (Å²) in [7, 11) is -2.10. The standard InChI is InChI=1S/C28H31FN4O2SSi/c1-28(2,3)36(34)33-22(16-23-26(29)25(37(4,5)6)15-18(17-30)31-23)19-11-7-8-12-20(19)27-21-13-9-10-14-24(21)35-32-27/h7-15,22,33H,16H2,1-6H3/t22-,36?/m0/s1. The van der Waals surface area contributed by atoms with Gasteiger partial charge in [-0.05, 0) is 49.7 Å². The highest BCUT2D eigenvalue weighted by atomic mass is 32.2. The van der Waals surface area contributed by atoms with Gasteiger partial charge in [-0.15, -0.1) is 4.72 Å². The first kappa shape index (κ1) is 27.0. The van der Waals surface area contributed by atoms with Crippen LogP contribution in [0.3, 0.4) is 0 Å². The first-order valence-corrected chi connectivity index (χ1v) is 16.8. The van der Waals surface area contributed by atoms with Crippen molar-refractivity contribution in [1.82, 2.24) is 14.9 Å². The number of fused-ring (bicyclic) bond motifs is 1. The molecule has 1 N–H and O–H groups in total. The average Bonchev–Trinajstić information content (AvgIpc) is 3.27. The van der Waals surface area contributed by atoms with E-state index in [1.54, 1.807) is 6.07 Å². The maximum atomic E-state index is 15.8. The van der Waals surface area contributed by atoms with Gasteiger partial charge in [0.2, 0.25) is 0 Å². The quantitative estimate of drug-likeness (QED) is 0.238. The lowest BCUT2D eigenvalue weighted by Gasteiger charge is -2.29. The van der Waals surface area contributed by atoms with Gasteiger partial charge >= 0.3 is 0 Å². The largest absolute Gasteiger partial charge is 0.598 e. The Morgan fingerprint density at radius 2 is 1.81 bits per heavy atom. The summed E-state index contributed by atoms with van der Waals surface area (Å²) in [6.45, 7) is 11.7. The third-order valence-electron chi connectivity index (χ3n) is 6.12. The van der Waals surface area contributed by atoms with Crippen molar-refractivity contribution in [3.05, 3.63) is 77.4 Å². The fourth-order valence-corrected chi connectivity index (χ4v) is 6.33. The third kappa shape index (κ3) is 5.78. The molecule has 0 aliphatic rings. The second-order valence-electron chi connectivity index (χ2n) is 11.0. The lowest BCUT2D eigenvalue weighted by Crippen LogP contribution is -2.43. The van der Waals surface area contributed by atoms with E-state index in [1.165, 1.54) is 0 Å². The van der Waals surface area contributed by atoms with E-state index in [4.69, 9.17) is 4.52 Å². The van der Waals surface area contributed by atoms with Crippen LogP contribution in [-0.4, -0.2) is 27.5 Å². The number of rotatable bonds is 7. The zero-order valence-electron chi connectivity index (χ0n) is 21.9. The number of nitrogens with zero attached hydrogens (tertiary/aromatic N) is 3. The number of hydrogen-bond acceptors (Lipinski definition) is 6. The minimum Gasteiger partial charge on any atom is -0.598 e. The molecular formula is C28H31FN4O2SSi. The number of pyridine rings is 1. The molecule has 2 aromatic carbocycles. The topological polar surface area (TPSA) is 97.8 Å². The molecular weight excluding hydrogens is 503 g/mol. The molecule has 192 valence electrons. The molecule has 0 amide bonds. The Labute approximate surface area is 221 Å². The molecule has 0 fully saturated rings. The van der Waals surface area contributed by atoms with Crippen molar-refractivity contribution in [2.45, 2.75) is 57.6 Å². The molecule has 2 aromatic heterocycles. The molecule has 1 unspecified atom stereocenters. The Kier molecular flexibility index (Phi) is 7.58. The number of benzene rings is 2. The first-order chi connectivity index (χ1) is 17.4. The van der Waals surface area contributed by atoms with E-state index in [2.05, 4.69) is 20.9 Å². The Morgan fingerprint density at radius 1 is 1.14 bits per heavy atom. The van der Waals surface area contributed by atoms with Crippen LogP contribution in [0.4, 0.5) is 4.39 Å². The SMILES string of the molecule is CC(C)(C)[S+]([O-])N[C@@H](Cc1nc(C#N)cc([Si](C)(C)C)c1F)c1ccccc1-c1noc2ccccc12. The van der Waals surface area contributed by atoms with Crippen LogP contribution in [0.2, 0.25) is 19.6 Å². The van der Waals surface area contributed by atoms with Gasteiger partial charge in [-0.25, -0.2) is 9.37 Å². The van der Waals surface area contributed by atoms with Crippen LogP contribution >= 0.6 is 0 Å². The number of halogens is 1. The molecule has 4 aromatic rings. The van der Waals surface area contributed by atoms with Crippen molar-refractivity contribution in [3.8, 4) is 17.3 Å². The highest BCUT2D eigenvalue weighted by Gasteiger charge is 2.33. The summed E-state index contributed by atoms with van der Waals surface area (Å²) in [6, 6.07) is 18.3. The van der Waals surface area contributed by atoms with Crippen molar-refractivity contribution in [2.24, 2.45) is 0 Å². The van der Waals surface area contributed by atoms with Crippen LogP contribution in [0.5, 0.6) is 0 Å². The van der Waals surface area contributed by atoms with Gasteiger partial charge in [0.1, 0.15) is 28.0 Å². The zero-order chi connectivity index (χ0) is 27.0. The minimum absolute atomic E-state index is 0.105. The van der Waals surface area contributed by atoms with E-state index in [1.807, 2.05) is 88.9 Å². The van der Waals surface area contributed by atoms with E-state index < -0.39 is 36.0 Å². The van der Waals surface area contributed by atoms with E-state index >= 15 is 4.39 Å². The molecule has 2 heterocycles. The summed E-state index contributed by atoms with van der Waals surface area (Å²) in [5.74, 6) is -0.393. The Hall–Kier alpha value is -3.03. The Balaban J connectivity index is 1.87. The van der Waals surface area contributed by atoms with Crippen molar-refractivity contribution >= 4 is 35.6 Å². The second-order valence-corrected chi connectivity index (χ2v) is 18.1. The number of hydrogen-bond donors (Lipinski definition) is 1. The highest BCUT2D eigenvalue weighted by Crippen LogP contribution is 2.35. The Morgan fingerprint density at radius 3 is 2.49 bits per heavy atom. The molecule has 0 aliphatic carbocycles. The summed E-state index contributed by atoms with van der Waals surface area (Å²) < 4.78 is 37.4. The normalized spacial score (nSPS) is 13.9. The van der Waals surface area contributed by atoms with Gasteiger partial charge in [-0.1, -0.05) is 61.2 Å². The fraction of sp³-hybridized carbons (Fsp3) is 0.321. The first-order valence-electron chi connectivity index (χ1n) is 12.1. The summed E-state index contributed by atoms with van der Waals surface area (Å²) in [4.78, 5) is 4.36. The van der Waals surface area contributed by atoms with Crippen molar-refractivity contribution in [2.75, 3.05) is 0 Å². The predicted octanol–water partition coefficient (Wildman–Crippen LogP) is 5.78. The molecule has 0 saturated carbocycles. The fourth-order valence-electron chi connectivity index (χ4n) is 4.13. The van der Waals surface area contributed by atoms with Gasteiger partial charge in [-0.3, -0.25) is 0 Å². The monoisotopic (exact) mass is 534 g/mol. The molecule has 9 heteroatoms. The van der Waals surface area contributed by atoms with Crippen LogP contribution in [0.25, 0.3) is 22.2 Å². The molecule has 37 heavy (non-hydrogen) atoms. The molecule has 0 saturated heterocycles. The lowest BCUT2D eigenvalue weighted by molar-refractivity contribution is 0.459. The van der Waals surface area contributed by atoms with Gasteiger partial charge in [-0.2, -0.15) is 5.26 Å². The van der Waals surface area contributed by atoms with Crippen LogP contribution < -0.4 is 9.91 Å². The van der Waals surface area contributed by atoms with Crippen LogP contribution in [0, 0.1) is 17.1 Å². The van der Waals surface area contributed by atoms with Crippen LogP contribution in [-0.2, 0) is 17.8 Å². The maximum Gasteiger partial charge on any atom is 0.167 e. The number of nitrogens with one attached hydrogen (secondary N) is 1. The van der Waals surface area contributed by atoms with Crippen LogP contribution in [0.1, 0.15) is 43.8 Å². The number of para-hydroxylation sites is 1. The van der Waals surface area contributed by atoms with E-state index in [-0.39, 0.29) is 17.8 Å². The maximum absolute atomic E-state index is 15.8. The highest BCUT2D eigenvalue weighted by molar-refractivity contribution is 7.90. The van der Waals surface area contributed by atoms with Gasteiger partial charge in [0.25, 0.3) is 0 Å². The molecule has 0 bridgehead atoms. The lowest BCUT2D eigenvalue weighted by atomic mass is 9.94. The van der Waals surface area contributed by atoms with Gasteiger partial charge in [0.15, 0.2) is 5.58 Å². The smallest absolute Gasteiger partial charge is 0.167 e. The summed E-state index contributed by atoms with van der Waals surface area (Å²) in [5, 5.41) is 15.3. The van der Waals surface area contributed by atoms with E-state index in [0.717, 1.165) is 16.5 Å². The third-order valence-corrected chi connectivity index (χ3v) is 9.71. The average molecular weight is 535 g/mol. The molecule has 0 aliphatic heterocycles. The number of aromatic nitrogens is 2. The predicted molar refractivity (Wildman–Crippen MR) is 149 cm³/mol. The minimum atomic E-state index is -2.10. The molecule has 0 radical (unpaired) electrons. The second kappa shape index (κ2) is 10.4. The van der Waals surface area contributed by atoms with Crippen LogP contribution in [0.15, 0.2) is 59.1 Å². The summed E-state index contributed by atoms with van der Waals surface area (Å²) in [5.41, 5.74) is 3.25. The Bertz CT molecular complexity index is 1470. The van der Waals surface area contributed by atoms with E-state index in [0.29, 0.717) is 16.5 Å². The van der Waals surface area contributed by atoms with Gasteiger partial charge in [0.05, 0.1) is 19.8 Å². The molecule has 4 rings (SSSR count). The van der Waals surface area contributed by atoms with Crippen molar-refractivity contribution in [1.29, 1.82) is 5.26 Å². The summed E-state index contributed by atoms with van der Waals surface area (Å²) in [6.07, 6.45) is 0.105. The van der Waals surface area contributed by atoms with Gasteiger partial charge < -0.3 is 9.08 Å². The molecule has 6 nitrogen and oxygen atoms in total. The number of nitriles is 1. The van der Waals surface area contributed by atoms with Crippen molar-refractivity contribution < 1.29 is 13.5 Å². The molecule has 2 atom stereocenters. The molecule has 0 spiro atoms.